The van der Waals surface area contributed by atoms with Crippen molar-refractivity contribution in [3.63, 3.8) is 0 Å². The molecule has 2 aromatic rings. The van der Waals surface area contributed by atoms with Gasteiger partial charge in [-0.05, 0) is 48.9 Å². The number of carbonyl (C=O) groups excluding carboxylic acids is 1. The molecule has 1 amide bonds. The van der Waals surface area contributed by atoms with Crippen LogP contribution >= 0.6 is 0 Å². The molecule has 7 heteroatoms. The Morgan fingerprint density at radius 2 is 1.81 bits per heavy atom. The van der Waals surface area contributed by atoms with E-state index in [2.05, 4.69) is 5.32 Å². The van der Waals surface area contributed by atoms with E-state index < -0.39 is 26.6 Å². The minimum absolute atomic E-state index is 0.126. The van der Waals surface area contributed by atoms with E-state index in [0.29, 0.717) is 19.0 Å². The van der Waals surface area contributed by atoms with Gasteiger partial charge in [0.2, 0.25) is 10.0 Å². The van der Waals surface area contributed by atoms with Gasteiger partial charge in [0.25, 0.3) is 5.91 Å². The van der Waals surface area contributed by atoms with Crippen LogP contribution in [0.25, 0.3) is 0 Å². The molecule has 1 heterocycles. The fourth-order valence-electron chi connectivity index (χ4n) is 3.30. The minimum Gasteiger partial charge on any atom is -0.345 e. The maximum Gasteiger partial charge on any atom is 0.251 e. The molecule has 5 nitrogen and oxygen atoms in total. The Kier molecular flexibility index (Phi) is 4.74. The average molecular weight is 388 g/mol. The molecule has 27 heavy (non-hydrogen) atoms. The molecule has 1 aliphatic heterocycles. The lowest BCUT2D eigenvalue weighted by Crippen LogP contribution is -2.42. The number of nitrogens with zero attached hydrogens (tertiary/aromatic N) is 1. The molecule has 2 fully saturated rings. The lowest BCUT2D eigenvalue weighted by atomic mass is 10.0. The summed E-state index contributed by atoms with van der Waals surface area (Å²) < 4.78 is 40.5. The number of hydrogen-bond acceptors (Lipinski definition) is 3. The zero-order chi connectivity index (χ0) is 19.0. The topological polar surface area (TPSA) is 66.5 Å². The van der Waals surface area contributed by atoms with Crippen LogP contribution in [0.5, 0.6) is 0 Å². The van der Waals surface area contributed by atoms with Gasteiger partial charge in [0.15, 0.2) is 0 Å². The number of amides is 1. The number of carbonyl (C=O) groups is 1. The summed E-state index contributed by atoms with van der Waals surface area (Å²) >= 11 is 0. The summed E-state index contributed by atoms with van der Waals surface area (Å²) in [5.74, 6) is -0.850. The van der Waals surface area contributed by atoms with Crippen molar-refractivity contribution in [3.8, 4) is 0 Å². The van der Waals surface area contributed by atoms with Crippen LogP contribution in [0.1, 0.15) is 41.2 Å². The summed E-state index contributed by atoms with van der Waals surface area (Å²) in [5, 5.41) is 3.00. The van der Waals surface area contributed by atoms with Crippen molar-refractivity contribution in [2.45, 2.75) is 30.2 Å². The van der Waals surface area contributed by atoms with Gasteiger partial charge in [0.1, 0.15) is 10.7 Å². The van der Waals surface area contributed by atoms with Crippen molar-refractivity contribution in [1.82, 2.24) is 9.62 Å². The van der Waals surface area contributed by atoms with Crippen LogP contribution < -0.4 is 5.32 Å². The Labute approximate surface area is 158 Å². The first-order chi connectivity index (χ1) is 13.0. The third kappa shape index (κ3) is 3.61. The van der Waals surface area contributed by atoms with E-state index in [-0.39, 0.29) is 11.6 Å². The Hall–Kier alpha value is -2.25. The molecule has 2 aromatic carbocycles. The molecule has 0 radical (unpaired) electrons. The molecule has 1 N–H and O–H groups in total. The summed E-state index contributed by atoms with van der Waals surface area (Å²) in [6.45, 7) is 0.770. The molecule has 0 bridgehead atoms. The van der Waals surface area contributed by atoms with Crippen molar-refractivity contribution in [1.29, 1.82) is 0 Å². The third-order valence-electron chi connectivity index (χ3n) is 5.16. The van der Waals surface area contributed by atoms with Crippen LogP contribution in [0.2, 0.25) is 0 Å². The second kappa shape index (κ2) is 7.05. The van der Waals surface area contributed by atoms with Crippen molar-refractivity contribution in [2.24, 2.45) is 5.92 Å². The second-order valence-corrected chi connectivity index (χ2v) is 9.01. The van der Waals surface area contributed by atoms with Gasteiger partial charge in [-0.2, -0.15) is 4.31 Å². The maximum absolute atomic E-state index is 14.2. The van der Waals surface area contributed by atoms with Crippen molar-refractivity contribution in [2.75, 3.05) is 13.1 Å². The molecular weight excluding hydrogens is 367 g/mol. The monoisotopic (exact) mass is 388 g/mol. The van der Waals surface area contributed by atoms with Crippen LogP contribution in [0.3, 0.4) is 0 Å². The van der Waals surface area contributed by atoms with Gasteiger partial charge in [-0.15, -0.1) is 0 Å². The molecule has 1 aliphatic carbocycles. The summed E-state index contributed by atoms with van der Waals surface area (Å²) in [4.78, 5) is 12.3. The molecule has 2 aliphatic rings. The molecule has 0 spiro atoms. The van der Waals surface area contributed by atoms with Gasteiger partial charge in [0.05, 0.1) is 6.04 Å². The number of nitrogens with one attached hydrogen (secondary N) is 1. The lowest BCUT2D eigenvalue weighted by molar-refractivity contribution is 0.0931. The zero-order valence-electron chi connectivity index (χ0n) is 14.8. The van der Waals surface area contributed by atoms with Crippen LogP contribution in [0.4, 0.5) is 4.39 Å². The summed E-state index contributed by atoms with van der Waals surface area (Å²) in [5.41, 5.74) is 1.17. The quantitative estimate of drug-likeness (QED) is 0.827. The van der Waals surface area contributed by atoms with Gasteiger partial charge < -0.3 is 5.32 Å². The smallest absolute Gasteiger partial charge is 0.251 e. The van der Waals surface area contributed by atoms with Gasteiger partial charge in [0, 0.05) is 18.7 Å². The first-order valence-electron chi connectivity index (χ1n) is 9.12. The van der Waals surface area contributed by atoms with Crippen LogP contribution in [-0.4, -0.2) is 31.7 Å². The number of rotatable bonds is 6. The summed E-state index contributed by atoms with van der Waals surface area (Å²) in [6, 6.07) is 13.1. The van der Waals surface area contributed by atoms with Gasteiger partial charge in [-0.3, -0.25) is 4.79 Å². The standard InChI is InChI=1S/C20H21FN2O3S/c21-17-10-9-16(13-18(17)27(25,26)23-11-4-12-23)20(24)22-19(15-7-8-15)14-5-2-1-3-6-14/h1-3,5-6,9-10,13,15,19H,4,7-8,11-12H2,(H,22,24)/t19-/m1/s1. The highest BCUT2D eigenvalue weighted by atomic mass is 32.2. The largest absolute Gasteiger partial charge is 0.345 e. The van der Waals surface area contributed by atoms with Crippen molar-refractivity contribution >= 4 is 15.9 Å². The SMILES string of the molecule is O=C(N[C@H](c1ccccc1)C1CC1)c1ccc(F)c(S(=O)(=O)N2CCC2)c1. The average Bonchev–Trinajstić information content (AvgIpc) is 3.43. The predicted molar refractivity (Wildman–Crippen MR) is 99.1 cm³/mol. The predicted octanol–water partition coefficient (Wildman–Crippen LogP) is 3.10. The Morgan fingerprint density at radius 1 is 1.11 bits per heavy atom. The van der Waals surface area contributed by atoms with E-state index in [0.717, 1.165) is 37.0 Å². The van der Waals surface area contributed by atoms with Gasteiger partial charge >= 0.3 is 0 Å². The molecule has 1 saturated heterocycles. The fraction of sp³-hybridized carbons (Fsp3) is 0.350. The normalized spacial score (nSPS) is 18.6. The van der Waals surface area contributed by atoms with Crippen molar-refractivity contribution < 1.29 is 17.6 Å². The molecule has 0 aromatic heterocycles. The fourth-order valence-corrected chi connectivity index (χ4v) is 4.90. The third-order valence-corrected chi connectivity index (χ3v) is 7.08. The van der Waals surface area contributed by atoms with E-state index in [4.69, 9.17) is 0 Å². The molecular formula is C20H21FN2O3S. The molecule has 1 saturated carbocycles. The highest BCUT2D eigenvalue weighted by molar-refractivity contribution is 7.89. The summed E-state index contributed by atoms with van der Waals surface area (Å²) in [7, 11) is -3.90. The van der Waals surface area contributed by atoms with Crippen molar-refractivity contribution in [3.05, 3.63) is 65.5 Å². The van der Waals surface area contributed by atoms with E-state index in [1.807, 2.05) is 30.3 Å². The second-order valence-electron chi connectivity index (χ2n) is 7.10. The number of halogens is 1. The van der Waals surface area contributed by atoms with Gasteiger partial charge in [-0.25, -0.2) is 12.8 Å². The highest BCUT2D eigenvalue weighted by Crippen LogP contribution is 2.41. The lowest BCUT2D eigenvalue weighted by Gasteiger charge is -2.29. The highest BCUT2D eigenvalue weighted by Gasteiger charge is 2.35. The molecule has 1 atom stereocenters. The Bertz CT molecular complexity index is 954. The first kappa shape index (κ1) is 18.1. The van der Waals surface area contributed by atoms with E-state index >= 15 is 0 Å². The first-order valence-corrected chi connectivity index (χ1v) is 10.6. The Morgan fingerprint density at radius 3 is 2.41 bits per heavy atom. The van der Waals surface area contributed by atoms with E-state index in [1.54, 1.807) is 0 Å². The van der Waals surface area contributed by atoms with E-state index in [9.17, 15) is 17.6 Å². The van der Waals surface area contributed by atoms with Crippen LogP contribution in [0, 0.1) is 11.7 Å². The minimum atomic E-state index is -3.90. The zero-order valence-corrected chi connectivity index (χ0v) is 15.6. The molecule has 4 rings (SSSR count). The number of hydrogen-bond donors (Lipinski definition) is 1. The molecule has 142 valence electrons. The summed E-state index contributed by atoms with van der Waals surface area (Å²) in [6.07, 6.45) is 2.84. The van der Waals surface area contributed by atoms with E-state index in [1.165, 1.54) is 10.4 Å². The van der Waals surface area contributed by atoms with Gasteiger partial charge in [-0.1, -0.05) is 30.3 Å². The maximum atomic E-state index is 14.2. The number of sulfonamides is 1. The number of benzene rings is 2. The van der Waals surface area contributed by atoms with Crippen LogP contribution in [-0.2, 0) is 10.0 Å². The molecule has 0 unspecified atom stereocenters. The van der Waals surface area contributed by atoms with Crippen LogP contribution in [0.15, 0.2) is 53.4 Å². The Balaban J connectivity index is 1.59.